The van der Waals surface area contributed by atoms with Gasteiger partial charge in [0.1, 0.15) is 0 Å². The number of nitro groups is 1. The smallest absolute Gasteiger partial charge is 0.269 e. The van der Waals surface area contributed by atoms with Gasteiger partial charge in [0, 0.05) is 36.5 Å². The predicted octanol–water partition coefficient (Wildman–Crippen LogP) is 2.87. The van der Waals surface area contributed by atoms with Gasteiger partial charge in [0.05, 0.1) is 11.5 Å². The highest BCUT2D eigenvalue weighted by atomic mass is 16.6. The van der Waals surface area contributed by atoms with Gasteiger partial charge in [0.25, 0.3) is 5.69 Å². The topological polar surface area (TPSA) is 77.1 Å². The highest BCUT2D eigenvalue weighted by Crippen LogP contribution is 2.26. The summed E-state index contributed by atoms with van der Waals surface area (Å²) in [6.45, 7) is 2.23. The molecule has 2 heterocycles. The molecule has 0 bridgehead atoms. The molecular formula is C17H15N5O2. The highest BCUT2D eigenvalue weighted by molar-refractivity contribution is 5.56. The molecule has 0 saturated carbocycles. The Bertz CT molecular complexity index is 874. The number of benzene rings is 2. The summed E-state index contributed by atoms with van der Waals surface area (Å²) in [6, 6.07) is 16.6. The van der Waals surface area contributed by atoms with Crippen LogP contribution < -0.4 is 4.90 Å². The molecule has 1 aromatic heterocycles. The second-order valence-electron chi connectivity index (χ2n) is 5.65. The van der Waals surface area contributed by atoms with Crippen LogP contribution in [0, 0.1) is 10.1 Å². The van der Waals surface area contributed by atoms with E-state index in [0.29, 0.717) is 6.54 Å². The van der Waals surface area contributed by atoms with Crippen molar-refractivity contribution in [3.05, 3.63) is 70.5 Å². The van der Waals surface area contributed by atoms with Crippen molar-refractivity contribution in [2.45, 2.75) is 13.1 Å². The third-order valence-electron chi connectivity index (χ3n) is 4.21. The first-order valence-corrected chi connectivity index (χ1v) is 7.69. The molecule has 1 aliphatic heterocycles. The first kappa shape index (κ1) is 14.4. The number of non-ortho nitro benzene ring substituents is 1. The van der Waals surface area contributed by atoms with Crippen LogP contribution in [0.5, 0.6) is 0 Å². The average molecular weight is 321 g/mol. The maximum Gasteiger partial charge on any atom is 0.269 e. The molecule has 0 unspecified atom stereocenters. The first-order valence-electron chi connectivity index (χ1n) is 7.69. The normalized spacial score (nSPS) is 13.6. The van der Waals surface area contributed by atoms with Gasteiger partial charge >= 0.3 is 0 Å². The van der Waals surface area contributed by atoms with Gasteiger partial charge in [0.2, 0.25) is 0 Å². The third kappa shape index (κ3) is 2.50. The Balaban J connectivity index is 1.59. The van der Waals surface area contributed by atoms with Gasteiger partial charge in [-0.3, -0.25) is 10.1 Å². The number of anilines is 1. The summed E-state index contributed by atoms with van der Waals surface area (Å²) in [5.41, 5.74) is 2.11. The van der Waals surface area contributed by atoms with Gasteiger partial charge in [-0.05, 0) is 12.1 Å². The minimum absolute atomic E-state index is 0.102. The molecule has 0 radical (unpaired) electrons. The van der Waals surface area contributed by atoms with E-state index < -0.39 is 0 Å². The molecule has 0 fully saturated rings. The van der Waals surface area contributed by atoms with E-state index in [9.17, 15) is 10.1 Å². The standard InChI is InChI=1S/C17H15N5O2/c23-22(24)15-8-6-14(7-9-15)20-10-11-21-16(12-20)18-19-17(21)13-4-2-1-3-5-13/h1-9H,10-12H2. The molecule has 0 amide bonds. The van der Waals surface area contributed by atoms with Gasteiger partial charge in [-0.25, -0.2) is 0 Å². The largest absolute Gasteiger partial charge is 0.362 e. The maximum atomic E-state index is 10.8. The second-order valence-corrected chi connectivity index (χ2v) is 5.65. The minimum Gasteiger partial charge on any atom is -0.362 e. The summed E-state index contributed by atoms with van der Waals surface area (Å²) in [5.74, 6) is 1.78. The van der Waals surface area contributed by atoms with Crippen LogP contribution in [0.4, 0.5) is 11.4 Å². The molecule has 24 heavy (non-hydrogen) atoms. The second kappa shape index (κ2) is 5.77. The molecule has 1 aliphatic rings. The van der Waals surface area contributed by atoms with Gasteiger partial charge in [-0.2, -0.15) is 0 Å². The summed E-state index contributed by atoms with van der Waals surface area (Å²) >= 11 is 0. The molecule has 0 atom stereocenters. The molecule has 120 valence electrons. The van der Waals surface area contributed by atoms with Crippen LogP contribution in [0.3, 0.4) is 0 Å². The Labute approximate surface area is 138 Å². The summed E-state index contributed by atoms with van der Waals surface area (Å²) < 4.78 is 2.14. The van der Waals surface area contributed by atoms with E-state index in [1.807, 2.05) is 30.3 Å². The van der Waals surface area contributed by atoms with Crippen LogP contribution in [0.25, 0.3) is 11.4 Å². The van der Waals surface area contributed by atoms with Crippen LogP contribution in [0.2, 0.25) is 0 Å². The zero-order valence-electron chi connectivity index (χ0n) is 12.9. The quantitative estimate of drug-likeness (QED) is 0.547. The lowest BCUT2D eigenvalue weighted by Gasteiger charge is -2.29. The molecule has 2 aromatic carbocycles. The SMILES string of the molecule is O=[N+]([O-])c1ccc(N2CCn3c(nnc3-c3ccccc3)C2)cc1. The van der Waals surface area contributed by atoms with Crippen LogP contribution in [-0.4, -0.2) is 26.2 Å². The molecule has 0 saturated heterocycles. The number of hydrogen-bond acceptors (Lipinski definition) is 5. The van der Waals surface area contributed by atoms with Crippen molar-refractivity contribution in [1.29, 1.82) is 0 Å². The fraction of sp³-hybridized carbons (Fsp3) is 0.176. The van der Waals surface area contributed by atoms with E-state index in [-0.39, 0.29) is 10.6 Å². The lowest BCUT2D eigenvalue weighted by molar-refractivity contribution is -0.384. The summed E-state index contributed by atoms with van der Waals surface area (Å²) in [6.07, 6.45) is 0. The molecule has 0 N–H and O–H groups in total. The van der Waals surface area contributed by atoms with E-state index in [4.69, 9.17) is 0 Å². The number of hydrogen-bond donors (Lipinski definition) is 0. The maximum absolute atomic E-state index is 10.8. The Kier molecular flexibility index (Phi) is 3.45. The van der Waals surface area contributed by atoms with Crippen molar-refractivity contribution in [3.8, 4) is 11.4 Å². The molecule has 7 nitrogen and oxygen atoms in total. The Hall–Kier alpha value is -3.22. The lowest BCUT2D eigenvalue weighted by atomic mass is 10.2. The predicted molar refractivity (Wildman–Crippen MR) is 89.6 cm³/mol. The number of fused-ring (bicyclic) bond motifs is 1. The monoisotopic (exact) mass is 321 g/mol. The van der Waals surface area contributed by atoms with Crippen molar-refractivity contribution in [1.82, 2.24) is 14.8 Å². The van der Waals surface area contributed by atoms with Crippen molar-refractivity contribution >= 4 is 11.4 Å². The van der Waals surface area contributed by atoms with Gasteiger partial charge in [-0.1, -0.05) is 30.3 Å². The zero-order valence-corrected chi connectivity index (χ0v) is 12.9. The van der Waals surface area contributed by atoms with Crippen molar-refractivity contribution < 1.29 is 4.92 Å². The Morgan fingerprint density at radius 3 is 2.42 bits per heavy atom. The zero-order chi connectivity index (χ0) is 16.5. The fourth-order valence-corrected chi connectivity index (χ4v) is 2.96. The van der Waals surface area contributed by atoms with E-state index in [2.05, 4.69) is 19.7 Å². The van der Waals surface area contributed by atoms with E-state index in [1.165, 1.54) is 12.1 Å². The van der Waals surface area contributed by atoms with Crippen molar-refractivity contribution in [3.63, 3.8) is 0 Å². The van der Waals surface area contributed by atoms with Crippen molar-refractivity contribution in [2.24, 2.45) is 0 Å². The molecule has 4 rings (SSSR count). The number of nitrogens with zero attached hydrogens (tertiary/aromatic N) is 5. The van der Waals surface area contributed by atoms with Gasteiger partial charge in [0.15, 0.2) is 11.6 Å². The lowest BCUT2D eigenvalue weighted by Crippen LogP contribution is -2.34. The first-order chi connectivity index (χ1) is 11.7. The molecule has 0 spiro atoms. The van der Waals surface area contributed by atoms with Crippen LogP contribution in [-0.2, 0) is 13.1 Å². The summed E-state index contributed by atoms with van der Waals surface area (Å²) in [5, 5.41) is 19.4. The van der Waals surface area contributed by atoms with Gasteiger partial charge in [-0.15, -0.1) is 10.2 Å². The summed E-state index contributed by atoms with van der Waals surface area (Å²) in [7, 11) is 0. The Morgan fingerprint density at radius 1 is 0.958 bits per heavy atom. The van der Waals surface area contributed by atoms with E-state index in [1.54, 1.807) is 12.1 Å². The summed E-state index contributed by atoms with van der Waals surface area (Å²) in [4.78, 5) is 12.5. The number of aromatic nitrogens is 3. The van der Waals surface area contributed by atoms with Crippen LogP contribution in [0.15, 0.2) is 54.6 Å². The van der Waals surface area contributed by atoms with Crippen LogP contribution in [0.1, 0.15) is 5.82 Å². The van der Waals surface area contributed by atoms with Gasteiger partial charge < -0.3 is 9.47 Å². The van der Waals surface area contributed by atoms with E-state index >= 15 is 0 Å². The van der Waals surface area contributed by atoms with Crippen LogP contribution >= 0.6 is 0 Å². The molecule has 3 aromatic rings. The molecule has 7 heteroatoms. The Morgan fingerprint density at radius 2 is 1.71 bits per heavy atom. The highest BCUT2D eigenvalue weighted by Gasteiger charge is 2.22. The number of rotatable bonds is 3. The molecular weight excluding hydrogens is 306 g/mol. The number of nitro benzene ring substituents is 1. The third-order valence-corrected chi connectivity index (χ3v) is 4.21. The average Bonchev–Trinajstić information content (AvgIpc) is 3.05. The van der Waals surface area contributed by atoms with E-state index in [0.717, 1.165) is 36.0 Å². The van der Waals surface area contributed by atoms with Crippen molar-refractivity contribution in [2.75, 3.05) is 11.4 Å². The minimum atomic E-state index is -0.386. The molecule has 0 aliphatic carbocycles. The fourth-order valence-electron chi connectivity index (χ4n) is 2.96.